The molecule has 16 heavy (non-hydrogen) atoms. The minimum atomic E-state index is -0.347. The van der Waals surface area contributed by atoms with E-state index in [9.17, 15) is 4.79 Å². The Bertz CT molecular complexity index is 530. The van der Waals surface area contributed by atoms with Gasteiger partial charge >= 0.3 is 0 Å². The Hall–Kier alpha value is -2.01. The van der Waals surface area contributed by atoms with Crippen molar-refractivity contribution in [1.82, 2.24) is 15.0 Å². The third-order valence-electron chi connectivity index (χ3n) is 1.93. The average molecular weight is 235 g/mol. The molecule has 80 valence electrons. The van der Waals surface area contributed by atoms with Crippen LogP contribution < -0.4 is 5.73 Å². The fourth-order valence-corrected chi connectivity index (χ4v) is 1.34. The van der Waals surface area contributed by atoms with Gasteiger partial charge < -0.3 is 5.73 Å². The van der Waals surface area contributed by atoms with E-state index in [4.69, 9.17) is 17.3 Å². The van der Waals surface area contributed by atoms with E-state index in [1.54, 1.807) is 0 Å². The van der Waals surface area contributed by atoms with Gasteiger partial charge in [-0.1, -0.05) is 11.6 Å². The summed E-state index contributed by atoms with van der Waals surface area (Å²) in [6.07, 6.45) is 5.66. The van der Waals surface area contributed by atoms with Crippen LogP contribution in [-0.4, -0.2) is 20.7 Å². The first-order valence-corrected chi connectivity index (χ1v) is 4.78. The molecule has 0 bridgehead atoms. The third kappa shape index (κ3) is 1.99. The molecule has 0 radical (unpaired) electrons. The van der Waals surface area contributed by atoms with Crippen LogP contribution in [0.3, 0.4) is 0 Å². The van der Waals surface area contributed by atoms with E-state index in [-0.39, 0.29) is 22.9 Å². The zero-order chi connectivity index (χ0) is 11.5. The highest BCUT2D eigenvalue weighted by Gasteiger charge is 2.14. The Morgan fingerprint density at radius 2 is 2.06 bits per heavy atom. The van der Waals surface area contributed by atoms with E-state index < -0.39 is 0 Å². The summed E-state index contributed by atoms with van der Waals surface area (Å²) in [7, 11) is 0. The second-order valence-corrected chi connectivity index (χ2v) is 3.44. The summed E-state index contributed by atoms with van der Waals surface area (Å²) in [6.45, 7) is 0. The molecule has 0 saturated carbocycles. The van der Waals surface area contributed by atoms with Gasteiger partial charge in [0.2, 0.25) is 5.78 Å². The fourth-order valence-electron chi connectivity index (χ4n) is 1.19. The highest BCUT2D eigenvalue weighted by atomic mass is 35.5. The van der Waals surface area contributed by atoms with Crippen LogP contribution in [0, 0.1) is 0 Å². The highest BCUT2D eigenvalue weighted by molar-refractivity contribution is 6.31. The minimum Gasteiger partial charge on any atom is -0.383 e. The van der Waals surface area contributed by atoms with Gasteiger partial charge in [0.25, 0.3) is 0 Å². The second-order valence-electron chi connectivity index (χ2n) is 3.01. The van der Waals surface area contributed by atoms with Crippen molar-refractivity contribution in [3.05, 3.63) is 47.1 Å². The SMILES string of the molecule is Nc1ncc(Cl)cc1C(=O)c1cnccn1. The molecule has 2 aromatic heterocycles. The maximum absolute atomic E-state index is 11.9. The van der Waals surface area contributed by atoms with Crippen LogP contribution in [0.5, 0.6) is 0 Å². The van der Waals surface area contributed by atoms with Gasteiger partial charge in [-0.05, 0) is 6.07 Å². The van der Waals surface area contributed by atoms with Crippen LogP contribution in [-0.2, 0) is 0 Å². The molecular weight excluding hydrogens is 228 g/mol. The monoisotopic (exact) mass is 234 g/mol. The van der Waals surface area contributed by atoms with Gasteiger partial charge in [-0.2, -0.15) is 0 Å². The molecule has 0 fully saturated rings. The molecule has 5 nitrogen and oxygen atoms in total. The summed E-state index contributed by atoms with van der Waals surface area (Å²) < 4.78 is 0. The molecule has 0 aliphatic heterocycles. The lowest BCUT2D eigenvalue weighted by molar-refractivity contribution is 0.103. The number of ketones is 1. The molecule has 6 heteroatoms. The fraction of sp³-hybridized carbons (Fsp3) is 0. The molecular formula is C10H7ClN4O. The molecule has 2 rings (SSSR count). The lowest BCUT2D eigenvalue weighted by Gasteiger charge is -2.03. The second kappa shape index (κ2) is 4.24. The first kappa shape index (κ1) is 10.5. The summed E-state index contributed by atoms with van der Waals surface area (Å²) >= 11 is 5.74. The van der Waals surface area contributed by atoms with E-state index in [1.165, 1.54) is 30.9 Å². The summed E-state index contributed by atoms with van der Waals surface area (Å²) in [4.78, 5) is 23.4. The topological polar surface area (TPSA) is 81.8 Å². The van der Waals surface area contributed by atoms with E-state index in [1.807, 2.05) is 0 Å². The number of carbonyl (C=O) groups is 1. The van der Waals surface area contributed by atoms with Gasteiger partial charge in [0.15, 0.2) is 0 Å². The first-order chi connectivity index (χ1) is 7.68. The van der Waals surface area contributed by atoms with Crippen LogP contribution >= 0.6 is 11.6 Å². The molecule has 0 saturated heterocycles. The zero-order valence-corrected chi connectivity index (χ0v) is 8.85. The van der Waals surface area contributed by atoms with E-state index in [2.05, 4.69) is 15.0 Å². The zero-order valence-electron chi connectivity index (χ0n) is 8.09. The molecule has 0 atom stereocenters. The number of nitrogen functional groups attached to an aromatic ring is 1. The van der Waals surface area contributed by atoms with Crippen molar-refractivity contribution in [3.63, 3.8) is 0 Å². The third-order valence-corrected chi connectivity index (χ3v) is 2.13. The predicted octanol–water partition coefficient (Wildman–Crippen LogP) is 1.34. The number of hydrogen-bond acceptors (Lipinski definition) is 5. The Kier molecular flexibility index (Phi) is 2.78. The molecule has 2 aromatic rings. The Morgan fingerprint density at radius 1 is 1.25 bits per heavy atom. The minimum absolute atomic E-state index is 0.125. The summed E-state index contributed by atoms with van der Waals surface area (Å²) in [5.41, 5.74) is 6.03. The quantitative estimate of drug-likeness (QED) is 0.793. The first-order valence-electron chi connectivity index (χ1n) is 4.40. The predicted molar refractivity (Wildman–Crippen MR) is 59.1 cm³/mol. The van der Waals surface area contributed by atoms with Crippen LogP contribution in [0.15, 0.2) is 30.9 Å². The summed E-state index contributed by atoms with van der Waals surface area (Å²) in [5, 5.41) is 0.349. The molecule has 0 spiro atoms. The lowest BCUT2D eigenvalue weighted by Crippen LogP contribution is -2.08. The lowest BCUT2D eigenvalue weighted by atomic mass is 10.1. The Balaban J connectivity index is 2.46. The molecule has 0 aliphatic rings. The van der Waals surface area contributed by atoms with Crippen molar-refractivity contribution in [1.29, 1.82) is 0 Å². The molecule has 0 amide bonds. The number of carbonyl (C=O) groups excluding carboxylic acids is 1. The number of nitrogens with two attached hydrogens (primary N) is 1. The summed E-state index contributed by atoms with van der Waals surface area (Å²) in [5.74, 6) is -0.222. The van der Waals surface area contributed by atoms with E-state index in [0.717, 1.165) is 0 Å². The molecule has 2 N–H and O–H groups in total. The number of pyridine rings is 1. The normalized spacial score (nSPS) is 10.1. The van der Waals surface area contributed by atoms with E-state index in [0.29, 0.717) is 5.02 Å². The van der Waals surface area contributed by atoms with Gasteiger partial charge in [-0.25, -0.2) is 9.97 Å². The number of halogens is 1. The smallest absolute Gasteiger partial charge is 0.216 e. The summed E-state index contributed by atoms with van der Waals surface area (Å²) in [6, 6.07) is 1.46. The molecule has 2 heterocycles. The van der Waals surface area contributed by atoms with Crippen molar-refractivity contribution in [2.24, 2.45) is 0 Å². The standard InChI is InChI=1S/C10H7ClN4O/c11-6-3-7(10(12)15-4-6)9(16)8-5-13-1-2-14-8/h1-5H,(H2,12,15). The van der Waals surface area contributed by atoms with Crippen molar-refractivity contribution in [2.75, 3.05) is 5.73 Å². The maximum atomic E-state index is 11.9. The Morgan fingerprint density at radius 3 is 2.75 bits per heavy atom. The number of rotatable bonds is 2. The van der Waals surface area contributed by atoms with Crippen LogP contribution in [0.25, 0.3) is 0 Å². The number of anilines is 1. The maximum Gasteiger partial charge on any atom is 0.216 e. The average Bonchev–Trinajstić information content (AvgIpc) is 2.32. The highest BCUT2D eigenvalue weighted by Crippen LogP contribution is 2.17. The van der Waals surface area contributed by atoms with E-state index >= 15 is 0 Å². The van der Waals surface area contributed by atoms with Crippen LogP contribution in [0.2, 0.25) is 5.02 Å². The molecule has 0 aliphatic carbocycles. The van der Waals surface area contributed by atoms with Crippen molar-refractivity contribution < 1.29 is 4.79 Å². The number of hydrogen-bond donors (Lipinski definition) is 1. The van der Waals surface area contributed by atoms with Gasteiger partial charge in [-0.3, -0.25) is 9.78 Å². The molecule has 0 unspecified atom stereocenters. The van der Waals surface area contributed by atoms with Crippen molar-refractivity contribution in [2.45, 2.75) is 0 Å². The van der Waals surface area contributed by atoms with Crippen LogP contribution in [0.1, 0.15) is 16.1 Å². The van der Waals surface area contributed by atoms with Gasteiger partial charge in [0.05, 0.1) is 16.8 Å². The molecule has 0 aromatic carbocycles. The number of nitrogens with zero attached hydrogens (tertiary/aromatic N) is 3. The number of aromatic nitrogens is 3. The Labute approximate surface area is 96.3 Å². The van der Waals surface area contributed by atoms with Crippen molar-refractivity contribution >= 4 is 23.2 Å². The van der Waals surface area contributed by atoms with Gasteiger partial charge in [0, 0.05) is 18.6 Å². The van der Waals surface area contributed by atoms with Crippen molar-refractivity contribution in [3.8, 4) is 0 Å². The van der Waals surface area contributed by atoms with Gasteiger partial charge in [-0.15, -0.1) is 0 Å². The van der Waals surface area contributed by atoms with Gasteiger partial charge in [0.1, 0.15) is 11.5 Å². The van der Waals surface area contributed by atoms with Crippen LogP contribution in [0.4, 0.5) is 5.82 Å². The largest absolute Gasteiger partial charge is 0.383 e.